The zero-order chi connectivity index (χ0) is 12.3. The molecular formula is C11H19N5O. The third-order valence-corrected chi connectivity index (χ3v) is 3.09. The second kappa shape index (κ2) is 5.27. The average molecular weight is 237 g/mol. The molecule has 6 heteroatoms. The Hall–Kier alpha value is -1.43. The lowest BCUT2D eigenvalue weighted by atomic mass is 10.1. The minimum Gasteiger partial charge on any atom is -0.345 e. The summed E-state index contributed by atoms with van der Waals surface area (Å²) in [6.45, 7) is 7.01. The van der Waals surface area contributed by atoms with Gasteiger partial charge in [0, 0.05) is 12.6 Å². The number of likely N-dealkylation sites (N-methyl/N-ethyl adjacent to an activating group) is 1. The van der Waals surface area contributed by atoms with Crippen LogP contribution in [0.15, 0.2) is 0 Å². The number of aryl methyl sites for hydroxylation is 1. The Morgan fingerprint density at radius 2 is 2.47 bits per heavy atom. The first-order valence-corrected chi connectivity index (χ1v) is 6.11. The summed E-state index contributed by atoms with van der Waals surface area (Å²) in [4.78, 5) is 18.2. The Kier molecular flexibility index (Phi) is 3.73. The van der Waals surface area contributed by atoms with Gasteiger partial charge in [-0.1, -0.05) is 6.92 Å². The number of rotatable bonds is 3. The molecule has 2 rings (SSSR count). The molecule has 1 aliphatic heterocycles. The quantitative estimate of drug-likeness (QED) is 0.794. The molecule has 1 aromatic heterocycles. The van der Waals surface area contributed by atoms with Crippen molar-refractivity contribution in [2.75, 3.05) is 19.6 Å². The molecule has 1 aromatic rings. The molecule has 0 bridgehead atoms. The van der Waals surface area contributed by atoms with Crippen LogP contribution in [0.25, 0.3) is 0 Å². The van der Waals surface area contributed by atoms with Gasteiger partial charge in [-0.05, 0) is 32.9 Å². The maximum atomic E-state index is 11.8. The third kappa shape index (κ3) is 3.03. The molecule has 1 amide bonds. The van der Waals surface area contributed by atoms with E-state index in [0.29, 0.717) is 5.82 Å². The predicted molar refractivity (Wildman–Crippen MR) is 63.7 cm³/mol. The zero-order valence-electron chi connectivity index (χ0n) is 10.4. The van der Waals surface area contributed by atoms with Crippen LogP contribution in [0.3, 0.4) is 0 Å². The van der Waals surface area contributed by atoms with Crippen LogP contribution in [0, 0.1) is 6.92 Å². The predicted octanol–water partition coefficient (Wildman–Crippen LogP) is 0.327. The molecule has 0 aromatic carbocycles. The summed E-state index contributed by atoms with van der Waals surface area (Å²) >= 11 is 0. The minimum absolute atomic E-state index is 0.183. The van der Waals surface area contributed by atoms with Crippen LogP contribution in [0.2, 0.25) is 0 Å². The van der Waals surface area contributed by atoms with Gasteiger partial charge in [-0.15, -0.1) is 5.10 Å². The zero-order valence-corrected chi connectivity index (χ0v) is 10.4. The van der Waals surface area contributed by atoms with Crippen LogP contribution in [-0.2, 0) is 0 Å². The SMILES string of the molecule is CCN1CCCC(NC(=O)c2n[nH]c(C)n2)C1. The maximum absolute atomic E-state index is 11.8. The highest BCUT2D eigenvalue weighted by atomic mass is 16.2. The Labute approximate surface area is 101 Å². The fraction of sp³-hybridized carbons (Fsp3) is 0.727. The molecule has 1 fully saturated rings. The molecule has 0 spiro atoms. The van der Waals surface area contributed by atoms with Crippen molar-refractivity contribution in [1.82, 2.24) is 25.4 Å². The number of hydrogen-bond acceptors (Lipinski definition) is 4. The van der Waals surface area contributed by atoms with Gasteiger partial charge in [0.2, 0.25) is 5.82 Å². The largest absolute Gasteiger partial charge is 0.345 e. The van der Waals surface area contributed by atoms with E-state index in [1.165, 1.54) is 0 Å². The molecule has 1 unspecified atom stereocenters. The number of nitrogens with one attached hydrogen (secondary N) is 2. The average Bonchev–Trinajstić information content (AvgIpc) is 2.76. The number of aromatic nitrogens is 3. The molecule has 17 heavy (non-hydrogen) atoms. The molecule has 94 valence electrons. The lowest BCUT2D eigenvalue weighted by Gasteiger charge is -2.31. The van der Waals surface area contributed by atoms with Crippen molar-refractivity contribution in [3.63, 3.8) is 0 Å². The maximum Gasteiger partial charge on any atom is 0.291 e. The fourth-order valence-corrected chi connectivity index (χ4v) is 2.15. The Morgan fingerprint density at radius 3 is 3.12 bits per heavy atom. The summed E-state index contributed by atoms with van der Waals surface area (Å²) in [6.07, 6.45) is 2.16. The molecule has 2 heterocycles. The van der Waals surface area contributed by atoms with Gasteiger partial charge in [-0.25, -0.2) is 4.98 Å². The second-order valence-corrected chi connectivity index (χ2v) is 4.45. The molecule has 1 atom stereocenters. The number of carbonyl (C=O) groups is 1. The van der Waals surface area contributed by atoms with Crippen LogP contribution in [0.1, 0.15) is 36.2 Å². The monoisotopic (exact) mass is 237 g/mol. The van der Waals surface area contributed by atoms with Gasteiger partial charge >= 0.3 is 0 Å². The summed E-state index contributed by atoms with van der Waals surface area (Å²) in [5, 5.41) is 9.52. The highest BCUT2D eigenvalue weighted by Crippen LogP contribution is 2.09. The van der Waals surface area contributed by atoms with E-state index in [2.05, 4.69) is 32.3 Å². The number of nitrogens with zero attached hydrogens (tertiary/aromatic N) is 3. The van der Waals surface area contributed by atoms with Crippen molar-refractivity contribution < 1.29 is 4.79 Å². The molecule has 0 aliphatic carbocycles. The van der Waals surface area contributed by atoms with Gasteiger partial charge in [0.15, 0.2) is 0 Å². The van der Waals surface area contributed by atoms with E-state index in [1.807, 2.05) is 0 Å². The van der Waals surface area contributed by atoms with Gasteiger partial charge < -0.3 is 10.2 Å². The van der Waals surface area contributed by atoms with E-state index < -0.39 is 0 Å². The van der Waals surface area contributed by atoms with Crippen molar-refractivity contribution >= 4 is 5.91 Å². The fourth-order valence-electron chi connectivity index (χ4n) is 2.15. The van der Waals surface area contributed by atoms with E-state index in [1.54, 1.807) is 6.92 Å². The third-order valence-electron chi connectivity index (χ3n) is 3.09. The van der Waals surface area contributed by atoms with Crippen LogP contribution in [0.4, 0.5) is 0 Å². The summed E-state index contributed by atoms with van der Waals surface area (Å²) < 4.78 is 0. The normalized spacial score (nSPS) is 21.4. The second-order valence-electron chi connectivity index (χ2n) is 4.45. The summed E-state index contributed by atoms with van der Waals surface area (Å²) in [7, 11) is 0. The molecule has 1 aliphatic rings. The van der Waals surface area contributed by atoms with E-state index in [4.69, 9.17) is 0 Å². The van der Waals surface area contributed by atoms with Gasteiger partial charge in [-0.2, -0.15) is 0 Å². The smallest absolute Gasteiger partial charge is 0.291 e. The van der Waals surface area contributed by atoms with E-state index in [0.717, 1.165) is 32.5 Å². The molecular weight excluding hydrogens is 218 g/mol. The Bertz CT molecular complexity index is 389. The van der Waals surface area contributed by atoms with Crippen molar-refractivity contribution in [2.45, 2.75) is 32.7 Å². The number of piperidine rings is 1. The van der Waals surface area contributed by atoms with Crippen molar-refractivity contribution in [3.05, 3.63) is 11.6 Å². The first kappa shape index (κ1) is 12.0. The van der Waals surface area contributed by atoms with Crippen molar-refractivity contribution in [2.24, 2.45) is 0 Å². The molecule has 2 N–H and O–H groups in total. The van der Waals surface area contributed by atoms with E-state index >= 15 is 0 Å². The summed E-state index contributed by atoms with van der Waals surface area (Å²) in [6, 6.07) is 0.218. The highest BCUT2D eigenvalue weighted by Gasteiger charge is 2.22. The van der Waals surface area contributed by atoms with Gasteiger partial charge in [0.25, 0.3) is 5.91 Å². The summed E-state index contributed by atoms with van der Waals surface area (Å²) in [5.74, 6) is 0.711. The highest BCUT2D eigenvalue weighted by molar-refractivity contribution is 5.90. The number of H-pyrrole nitrogens is 1. The first-order valence-electron chi connectivity index (χ1n) is 6.11. The number of likely N-dealkylation sites (tertiary alicyclic amines) is 1. The van der Waals surface area contributed by atoms with Crippen LogP contribution in [-0.4, -0.2) is 51.7 Å². The van der Waals surface area contributed by atoms with Gasteiger partial charge in [0.1, 0.15) is 5.82 Å². The minimum atomic E-state index is -0.183. The van der Waals surface area contributed by atoms with Crippen LogP contribution in [0.5, 0.6) is 0 Å². The first-order chi connectivity index (χ1) is 8.19. The van der Waals surface area contributed by atoms with Crippen molar-refractivity contribution in [3.8, 4) is 0 Å². The van der Waals surface area contributed by atoms with Gasteiger partial charge in [-0.3, -0.25) is 9.89 Å². The Balaban J connectivity index is 1.90. The lowest BCUT2D eigenvalue weighted by Crippen LogP contribution is -2.47. The summed E-state index contributed by atoms with van der Waals surface area (Å²) in [5.41, 5.74) is 0. The topological polar surface area (TPSA) is 73.9 Å². The standard InChI is InChI=1S/C11H19N5O/c1-3-16-6-4-5-9(7-16)13-11(17)10-12-8(2)14-15-10/h9H,3-7H2,1-2H3,(H,13,17)(H,12,14,15). The number of amides is 1. The number of hydrogen-bond donors (Lipinski definition) is 2. The van der Waals surface area contributed by atoms with E-state index in [-0.39, 0.29) is 17.8 Å². The van der Waals surface area contributed by atoms with Gasteiger partial charge in [0.05, 0.1) is 0 Å². The lowest BCUT2D eigenvalue weighted by molar-refractivity contribution is 0.0895. The van der Waals surface area contributed by atoms with Crippen LogP contribution >= 0.6 is 0 Å². The molecule has 0 saturated carbocycles. The number of carbonyl (C=O) groups excluding carboxylic acids is 1. The molecule has 1 saturated heterocycles. The van der Waals surface area contributed by atoms with Crippen LogP contribution < -0.4 is 5.32 Å². The number of aromatic amines is 1. The molecule has 6 nitrogen and oxygen atoms in total. The van der Waals surface area contributed by atoms with Crippen molar-refractivity contribution in [1.29, 1.82) is 0 Å². The molecule has 0 radical (unpaired) electrons. The van der Waals surface area contributed by atoms with E-state index in [9.17, 15) is 4.79 Å². The Morgan fingerprint density at radius 1 is 1.65 bits per heavy atom.